The van der Waals surface area contributed by atoms with Crippen LogP contribution < -0.4 is 5.32 Å². The molecule has 0 aliphatic rings. The van der Waals surface area contributed by atoms with Crippen molar-refractivity contribution in [1.82, 2.24) is 0 Å². The largest absolute Gasteiger partial charge is 0.481 e. The Labute approximate surface area is 111 Å². The van der Waals surface area contributed by atoms with Gasteiger partial charge >= 0.3 is 5.97 Å². The average Bonchev–Trinajstić information content (AvgIpc) is 2.28. The summed E-state index contributed by atoms with van der Waals surface area (Å²) in [5.74, 6) is -2.84. The number of benzene rings is 1. The number of hydrogen-bond acceptors (Lipinski definition) is 3. The Hall–Kier alpha value is -1.49. The molecule has 18 heavy (non-hydrogen) atoms. The molecule has 5 heteroatoms. The number of nitrogens with one attached hydrogen (secondary N) is 1. The van der Waals surface area contributed by atoms with Gasteiger partial charge in [0.25, 0.3) is 0 Å². The van der Waals surface area contributed by atoms with Gasteiger partial charge in [0.2, 0.25) is 5.91 Å². The van der Waals surface area contributed by atoms with Crippen LogP contribution in [0.2, 0.25) is 0 Å². The molecule has 0 fully saturated rings. The van der Waals surface area contributed by atoms with Gasteiger partial charge in [-0.2, -0.15) is 0 Å². The monoisotopic (exact) mass is 267 g/mol. The predicted octanol–water partition coefficient (Wildman–Crippen LogP) is 2.70. The van der Waals surface area contributed by atoms with Crippen molar-refractivity contribution >= 4 is 29.3 Å². The third kappa shape index (κ3) is 3.77. The Morgan fingerprint density at radius 1 is 1.22 bits per heavy atom. The molecular weight excluding hydrogens is 250 g/mol. The van der Waals surface area contributed by atoms with E-state index in [-0.39, 0.29) is 5.92 Å². The number of amides is 1. The molecule has 1 rings (SSSR count). The zero-order valence-corrected chi connectivity index (χ0v) is 11.5. The van der Waals surface area contributed by atoms with Crippen molar-refractivity contribution < 1.29 is 14.7 Å². The second-order valence-electron chi connectivity index (χ2n) is 4.28. The van der Waals surface area contributed by atoms with Gasteiger partial charge in [0.15, 0.2) is 0 Å². The van der Waals surface area contributed by atoms with E-state index in [1.807, 2.05) is 18.4 Å². The molecule has 0 aromatic heterocycles. The minimum atomic E-state index is -1.09. The van der Waals surface area contributed by atoms with Crippen LogP contribution in [0.15, 0.2) is 29.2 Å². The molecule has 0 aliphatic heterocycles. The normalized spacial score (nSPS) is 12.2. The van der Waals surface area contributed by atoms with Crippen LogP contribution in [0.4, 0.5) is 5.69 Å². The van der Waals surface area contributed by atoms with Gasteiger partial charge in [-0.15, -0.1) is 11.8 Å². The quantitative estimate of drug-likeness (QED) is 0.636. The molecule has 1 aromatic carbocycles. The first-order chi connectivity index (χ1) is 8.45. The fourth-order valence-electron chi connectivity index (χ4n) is 1.59. The van der Waals surface area contributed by atoms with E-state index in [0.717, 1.165) is 4.90 Å². The fraction of sp³-hybridized carbons (Fsp3) is 0.385. The van der Waals surface area contributed by atoms with E-state index in [2.05, 4.69) is 5.32 Å². The van der Waals surface area contributed by atoms with Crippen LogP contribution in [0, 0.1) is 11.8 Å². The number of anilines is 1. The van der Waals surface area contributed by atoms with Crippen molar-refractivity contribution in [3.63, 3.8) is 0 Å². The highest BCUT2D eigenvalue weighted by Gasteiger charge is 2.29. The lowest BCUT2D eigenvalue weighted by molar-refractivity contribution is -0.147. The standard InChI is InChI=1S/C13H17NO3S/c1-8(2)11(13(16)17)12(15)14-9-4-6-10(18-3)7-5-9/h4-8,11H,1-3H3,(H,14,15)(H,16,17). The first-order valence-electron chi connectivity index (χ1n) is 5.63. The zero-order valence-electron chi connectivity index (χ0n) is 10.6. The van der Waals surface area contributed by atoms with Crippen LogP contribution >= 0.6 is 11.8 Å². The highest BCUT2D eigenvalue weighted by Crippen LogP contribution is 2.19. The summed E-state index contributed by atoms with van der Waals surface area (Å²) in [6.45, 7) is 3.43. The van der Waals surface area contributed by atoms with Gasteiger partial charge in [-0.05, 0) is 36.4 Å². The van der Waals surface area contributed by atoms with E-state index in [1.165, 1.54) is 0 Å². The SMILES string of the molecule is CSc1ccc(NC(=O)C(C(=O)O)C(C)C)cc1. The number of aliphatic carboxylic acids is 1. The molecule has 0 spiro atoms. The van der Waals surface area contributed by atoms with Crippen LogP contribution in [0.1, 0.15) is 13.8 Å². The van der Waals surface area contributed by atoms with E-state index in [0.29, 0.717) is 5.69 Å². The van der Waals surface area contributed by atoms with Crippen molar-refractivity contribution in [3.8, 4) is 0 Å². The van der Waals surface area contributed by atoms with Crippen molar-refractivity contribution in [2.24, 2.45) is 11.8 Å². The first kappa shape index (κ1) is 14.6. The summed E-state index contributed by atoms with van der Waals surface area (Å²) in [5, 5.41) is 11.6. The molecule has 1 amide bonds. The van der Waals surface area contributed by atoms with E-state index in [4.69, 9.17) is 5.11 Å². The molecule has 0 saturated heterocycles. The minimum absolute atomic E-state index is 0.243. The van der Waals surface area contributed by atoms with Crippen LogP contribution in [0.25, 0.3) is 0 Å². The topological polar surface area (TPSA) is 66.4 Å². The molecule has 1 aromatic rings. The predicted molar refractivity (Wildman–Crippen MR) is 72.8 cm³/mol. The highest BCUT2D eigenvalue weighted by atomic mass is 32.2. The molecule has 2 N–H and O–H groups in total. The molecular formula is C13H17NO3S. The maximum atomic E-state index is 11.9. The van der Waals surface area contributed by atoms with E-state index < -0.39 is 17.8 Å². The lowest BCUT2D eigenvalue weighted by atomic mass is 9.95. The second-order valence-corrected chi connectivity index (χ2v) is 5.16. The van der Waals surface area contributed by atoms with Gasteiger partial charge in [0.05, 0.1) is 0 Å². The molecule has 0 aliphatic carbocycles. The second kappa shape index (κ2) is 6.44. The van der Waals surface area contributed by atoms with Gasteiger partial charge in [0.1, 0.15) is 5.92 Å². The molecule has 4 nitrogen and oxygen atoms in total. The summed E-state index contributed by atoms with van der Waals surface area (Å²) in [5.41, 5.74) is 0.615. The lowest BCUT2D eigenvalue weighted by Gasteiger charge is -2.15. The summed E-state index contributed by atoms with van der Waals surface area (Å²) in [4.78, 5) is 24.0. The molecule has 0 heterocycles. The van der Waals surface area contributed by atoms with Gasteiger partial charge in [-0.3, -0.25) is 9.59 Å². The van der Waals surface area contributed by atoms with Gasteiger partial charge < -0.3 is 10.4 Å². The maximum Gasteiger partial charge on any atom is 0.316 e. The maximum absolute atomic E-state index is 11.9. The summed E-state index contributed by atoms with van der Waals surface area (Å²) >= 11 is 1.61. The fourth-order valence-corrected chi connectivity index (χ4v) is 2.00. The third-order valence-corrected chi connectivity index (χ3v) is 3.32. The van der Waals surface area contributed by atoms with Crippen LogP contribution in [0.5, 0.6) is 0 Å². The minimum Gasteiger partial charge on any atom is -0.481 e. The van der Waals surface area contributed by atoms with Crippen molar-refractivity contribution in [2.45, 2.75) is 18.7 Å². The number of thioether (sulfide) groups is 1. The van der Waals surface area contributed by atoms with Gasteiger partial charge in [0, 0.05) is 10.6 Å². The summed E-state index contributed by atoms with van der Waals surface area (Å²) in [6.07, 6.45) is 1.97. The molecule has 0 saturated carbocycles. The Kier molecular flexibility index (Phi) is 5.22. The third-order valence-electron chi connectivity index (χ3n) is 2.57. The highest BCUT2D eigenvalue weighted by molar-refractivity contribution is 7.98. The molecule has 1 unspecified atom stereocenters. The molecule has 0 bridgehead atoms. The number of carbonyl (C=O) groups is 2. The summed E-state index contributed by atoms with van der Waals surface area (Å²) in [7, 11) is 0. The molecule has 0 radical (unpaired) electrons. The number of carbonyl (C=O) groups excluding carboxylic acids is 1. The Bertz CT molecular complexity index is 428. The summed E-state index contributed by atoms with van der Waals surface area (Å²) in [6, 6.07) is 7.29. The Balaban J connectivity index is 2.76. The Morgan fingerprint density at radius 2 is 1.78 bits per heavy atom. The Morgan fingerprint density at radius 3 is 2.17 bits per heavy atom. The number of rotatable bonds is 5. The van der Waals surface area contributed by atoms with Crippen LogP contribution in [0.3, 0.4) is 0 Å². The van der Waals surface area contributed by atoms with Gasteiger partial charge in [-0.1, -0.05) is 13.8 Å². The molecule has 98 valence electrons. The average molecular weight is 267 g/mol. The number of hydrogen-bond donors (Lipinski definition) is 2. The number of carboxylic acid groups (broad SMARTS) is 1. The van der Waals surface area contributed by atoms with Crippen molar-refractivity contribution in [2.75, 3.05) is 11.6 Å². The van der Waals surface area contributed by atoms with Crippen molar-refractivity contribution in [1.29, 1.82) is 0 Å². The first-order valence-corrected chi connectivity index (χ1v) is 6.86. The zero-order chi connectivity index (χ0) is 13.7. The smallest absolute Gasteiger partial charge is 0.316 e. The van der Waals surface area contributed by atoms with E-state index in [9.17, 15) is 9.59 Å². The van der Waals surface area contributed by atoms with E-state index >= 15 is 0 Å². The van der Waals surface area contributed by atoms with Crippen LogP contribution in [-0.4, -0.2) is 23.2 Å². The lowest BCUT2D eigenvalue weighted by Crippen LogP contribution is -2.33. The van der Waals surface area contributed by atoms with Crippen molar-refractivity contribution in [3.05, 3.63) is 24.3 Å². The number of carboxylic acids is 1. The van der Waals surface area contributed by atoms with Crippen LogP contribution in [-0.2, 0) is 9.59 Å². The summed E-state index contributed by atoms with van der Waals surface area (Å²) < 4.78 is 0. The van der Waals surface area contributed by atoms with E-state index in [1.54, 1.807) is 37.7 Å². The molecule has 1 atom stereocenters. The van der Waals surface area contributed by atoms with Gasteiger partial charge in [-0.25, -0.2) is 0 Å².